The zero-order chi connectivity index (χ0) is 14.5. The molecule has 3 N–H and O–H groups in total. The molecule has 1 aromatic heterocycles. The molecule has 1 heterocycles. The third kappa shape index (κ3) is 3.34. The van der Waals surface area contributed by atoms with Gasteiger partial charge in [-0.1, -0.05) is 18.2 Å². The number of fused-ring (bicyclic) bond motifs is 1. The van der Waals surface area contributed by atoms with E-state index in [-0.39, 0.29) is 5.91 Å². The summed E-state index contributed by atoms with van der Waals surface area (Å²) in [6, 6.07) is 7.66. The molecule has 0 saturated heterocycles. The Morgan fingerprint density at radius 1 is 1.25 bits per heavy atom. The molecule has 1 amide bonds. The van der Waals surface area contributed by atoms with Crippen molar-refractivity contribution < 1.29 is 14.7 Å². The zero-order valence-electron chi connectivity index (χ0n) is 11.1. The minimum absolute atomic E-state index is 0.0704. The second-order valence-electron chi connectivity index (χ2n) is 4.37. The molecule has 0 bridgehead atoms. The second kappa shape index (κ2) is 6.49. The lowest BCUT2D eigenvalue weighted by Gasteiger charge is -2.06. The van der Waals surface area contributed by atoms with Crippen LogP contribution in [0, 0.1) is 0 Å². The summed E-state index contributed by atoms with van der Waals surface area (Å²) in [5, 5.41) is 16.1. The number of benzene rings is 1. The van der Waals surface area contributed by atoms with Gasteiger partial charge in [0.05, 0.1) is 0 Å². The Balaban J connectivity index is 2.09. The maximum Gasteiger partial charge on any atom is 0.346 e. The van der Waals surface area contributed by atoms with Crippen LogP contribution in [0.4, 0.5) is 0 Å². The van der Waals surface area contributed by atoms with Gasteiger partial charge in [-0.25, -0.2) is 4.79 Å². The van der Waals surface area contributed by atoms with Gasteiger partial charge in [0.1, 0.15) is 4.88 Å². The van der Waals surface area contributed by atoms with Crippen LogP contribution < -0.4 is 10.6 Å². The number of carbonyl (C=O) groups is 2. The molecule has 106 valence electrons. The third-order valence-electron chi connectivity index (χ3n) is 2.87. The van der Waals surface area contributed by atoms with Gasteiger partial charge in [-0.3, -0.25) is 4.79 Å². The number of hydrogen-bond donors (Lipinski definition) is 3. The predicted molar refractivity (Wildman–Crippen MR) is 79.2 cm³/mol. The molecule has 2 aromatic rings. The van der Waals surface area contributed by atoms with Crippen molar-refractivity contribution in [3.8, 4) is 0 Å². The first-order valence-corrected chi connectivity index (χ1v) is 7.10. The fourth-order valence-electron chi connectivity index (χ4n) is 1.99. The van der Waals surface area contributed by atoms with E-state index in [1.165, 1.54) is 18.3 Å². The summed E-state index contributed by atoms with van der Waals surface area (Å²) < 4.78 is 0.976. The highest BCUT2D eigenvalue weighted by atomic mass is 32.1. The van der Waals surface area contributed by atoms with Gasteiger partial charge in [0.2, 0.25) is 5.91 Å². The molecule has 2 rings (SSSR count). The van der Waals surface area contributed by atoms with Gasteiger partial charge in [0.25, 0.3) is 0 Å². The van der Waals surface area contributed by atoms with Gasteiger partial charge < -0.3 is 15.7 Å². The van der Waals surface area contributed by atoms with Gasteiger partial charge in [0.15, 0.2) is 0 Å². The highest BCUT2D eigenvalue weighted by Crippen LogP contribution is 2.31. The van der Waals surface area contributed by atoms with E-state index in [1.54, 1.807) is 0 Å². The summed E-state index contributed by atoms with van der Waals surface area (Å²) in [7, 11) is 0. The number of nitrogens with one attached hydrogen (secondary N) is 2. The van der Waals surface area contributed by atoms with Crippen LogP contribution in [0.1, 0.15) is 22.2 Å². The van der Waals surface area contributed by atoms with Crippen LogP contribution in [0.15, 0.2) is 24.3 Å². The molecule has 0 unspecified atom stereocenters. The third-order valence-corrected chi connectivity index (χ3v) is 4.07. The quantitative estimate of drug-likeness (QED) is 0.710. The van der Waals surface area contributed by atoms with Crippen molar-refractivity contribution in [3.63, 3.8) is 0 Å². The highest BCUT2D eigenvalue weighted by Gasteiger charge is 2.16. The number of thiophene rings is 1. The molecule has 0 atom stereocenters. The van der Waals surface area contributed by atoms with E-state index in [0.717, 1.165) is 15.6 Å². The van der Waals surface area contributed by atoms with E-state index >= 15 is 0 Å². The van der Waals surface area contributed by atoms with Crippen LogP contribution in [-0.4, -0.2) is 30.1 Å². The van der Waals surface area contributed by atoms with Crippen LogP contribution in [0.3, 0.4) is 0 Å². The minimum atomic E-state index is -0.898. The van der Waals surface area contributed by atoms with Gasteiger partial charge in [-0.05, 0) is 17.0 Å². The molecule has 0 fully saturated rings. The number of hydrogen-bond acceptors (Lipinski definition) is 4. The molecule has 1 aromatic carbocycles. The van der Waals surface area contributed by atoms with E-state index in [9.17, 15) is 14.7 Å². The van der Waals surface area contributed by atoms with Crippen LogP contribution in [0.5, 0.6) is 0 Å². The van der Waals surface area contributed by atoms with Crippen LogP contribution in [0.25, 0.3) is 10.1 Å². The Labute approximate surface area is 120 Å². The zero-order valence-corrected chi connectivity index (χ0v) is 11.9. The molecule has 0 radical (unpaired) electrons. The van der Waals surface area contributed by atoms with E-state index in [0.29, 0.717) is 24.5 Å². The standard InChI is InChI=1S/C14H16N2O3S/c1-9(17)16-7-6-15-8-11-10-4-2-3-5-12(10)20-13(11)14(18)19/h2-5,15H,6-8H2,1H3,(H,16,17)(H,18,19). The highest BCUT2D eigenvalue weighted by molar-refractivity contribution is 7.21. The first-order chi connectivity index (χ1) is 9.59. The largest absolute Gasteiger partial charge is 0.477 e. The molecule has 20 heavy (non-hydrogen) atoms. The Kier molecular flexibility index (Phi) is 4.70. The summed E-state index contributed by atoms with van der Waals surface area (Å²) in [6.07, 6.45) is 0. The summed E-state index contributed by atoms with van der Waals surface area (Å²) in [4.78, 5) is 22.4. The number of aromatic carboxylic acids is 1. The Morgan fingerprint density at radius 3 is 2.70 bits per heavy atom. The smallest absolute Gasteiger partial charge is 0.346 e. The molecule has 6 heteroatoms. The first-order valence-electron chi connectivity index (χ1n) is 6.28. The monoisotopic (exact) mass is 292 g/mol. The number of rotatable bonds is 6. The van der Waals surface area contributed by atoms with Crippen molar-refractivity contribution >= 4 is 33.3 Å². The summed E-state index contributed by atoms with van der Waals surface area (Å²) >= 11 is 1.29. The normalized spacial score (nSPS) is 10.7. The van der Waals surface area contributed by atoms with Crippen molar-refractivity contribution in [1.29, 1.82) is 0 Å². The summed E-state index contributed by atoms with van der Waals surface area (Å²) in [5.74, 6) is -0.969. The lowest BCUT2D eigenvalue weighted by Crippen LogP contribution is -2.30. The van der Waals surface area contributed by atoms with E-state index in [4.69, 9.17) is 0 Å². The van der Waals surface area contributed by atoms with E-state index < -0.39 is 5.97 Å². The Hall–Kier alpha value is -1.92. The van der Waals surface area contributed by atoms with Crippen LogP contribution in [-0.2, 0) is 11.3 Å². The average molecular weight is 292 g/mol. The fraction of sp³-hybridized carbons (Fsp3) is 0.286. The Bertz CT molecular complexity index is 636. The number of amides is 1. The maximum atomic E-state index is 11.3. The van der Waals surface area contributed by atoms with Gasteiger partial charge in [-0.2, -0.15) is 0 Å². The lowest BCUT2D eigenvalue weighted by molar-refractivity contribution is -0.118. The van der Waals surface area contributed by atoms with Gasteiger partial charge in [0, 0.05) is 31.3 Å². The van der Waals surface area contributed by atoms with Crippen molar-refractivity contribution in [2.45, 2.75) is 13.5 Å². The number of carboxylic acid groups (broad SMARTS) is 1. The molecular weight excluding hydrogens is 276 g/mol. The number of carbonyl (C=O) groups excluding carboxylic acids is 1. The average Bonchev–Trinajstić information content (AvgIpc) is 2.77. The van der Waals surface area contributed by atoms with Crippen molar-refractivity contribution in [2.75, 3.05) is 13.1 Å². The molecule has 0 aliphatic carbocycles. The minimum Gasteiger partial charge on any atom is -0.477 e. The predicted octanol–water partition coefficient (Wildman–Crippen LogP) is 1.83. The SMILES string of the molecule is CC(=O)NCCNCc1c(C(=O)O)sc2ccccc12. The first kappa shape index (κ1) is 14.5. The number of carboxylic acids is 1. The van der Waals surface area contributed by atoms with Gasteiger partial charge >= 0.3 is 5.97 Å². The summed E-state index contributed by atoms with van der Waals surface area (Å²) in [5.41, 5.74) is 0.806. The Morgan fingerprint density at radius 2 is 2.00 bits per heavy atom. The molecule has 0 saturated carbocycles. The molecule has 0 aliphatic heterocycles. The maximum absolute atomic E-state index is 11.3. The fourth-order valence-corrected chi connectivity index (χ4v) is 3.05. The molecular formula is C14H16N2O3S. The molecule has 5 nitrogen and oxygen atoms in total. The van der Waals surface area contributed by atoms with Crippen LogP contribution in [0.2, 0.25) is 0 Å². The second-order valence-corrected chi connectivity index (χ2v) is 5.42. The lowest BCUT2D eigenvalue weighted by atomic mass is 10.1. The topological polar surface area (TPSA) is 78.4 Å². The van der Waals surface area contributed by atoms with E-state index in [2.05, 4.69) is 10.6 Å². The van der Waals surface area contributed by atoms with E-state index in [1.807, 2.05) is 24.3 Å². The van der Waals surface area contributed by atoms with Crippen LogP contribution >= 0.6 is 11.3 Å². The van der Waals surface area contributed by atoms with Crippen molar-refractivity contribution in [2.24, 2.45) is 0 Å². The molecule has 0 spiro atoms. The van der Waals surface area contributed by atoms with Crippen molar-refractivity contribution in [1.82, 2.24) is 10.6 Å². The van der Waals surface area contributed by atoms with Crippen molar-refractivity contribution in [3.05, 3.63) is 34.7 Å². The van der Waals surface area contributed by atoms with Gasteiger partial charge in [-0.15, -0.1) is 11.3 Å². The summed E-state index contributed by atoms with van der Waals surface area (Å²) in [6.45, 7) is 3.07. The molecule has 0 aliphatic rings.